The van der Waals surface area contributed by atoms with Crippen molar-refractivity contribution >= 4 is 71.2 Å². The van der Waals surface area contributed by atoms with Gasteiger partial charge in [0, 0.05) is 32.6 Å². The van der Waals surface area contributed by atoms with Crippen LogP contribution in [0.1, 0.15) is 0 Å². The zero-order valence-electron chi connectivity index (χ0n) is 25.2. The van der Waals surface area contributed by atoms with Crippen LogP contribution in [-0.4, -0.2) is 9.13 Å². The molecule has 0 spiro atoms. The van der Waals surface area contributed by atoms with Gasteiger partial charge in [-0.25, -0.2) is 4.85 Å². The lowest BCUT2D eigenvalue weighted by molar-refractivity contribution is 0.666. The molecule has 10 aromatic rings. The number of nitrogens with zero attached hydrogens (tertiary/aromatic N) is 3. The van der Waals surface area contributed by atoms with E-state index in [4.69, 9.17) is 11.0 Å². The third-order valence-electron chi connectivity index (χ3n) is 9.52. The predicted molar refractivity (Wildman–Crippen MR) is 194 cm³/mol. The molecule has 3 aromatic heterocycles. The molecule has 0 N–H and O–H groups in total. The maximum absolute atomic E-state index is 7.69. The first-order valence-electron chi connectivity index (χ1n) is 15.7. The number of para-hydroxylation sites is 3. The van der Waals surface area contributed by atoms with E-state index >= 15 is 0 Å². The Morgan fingerprint density at radius 3 is 1.87 bits per heavy atom. The molecule has 0 saturated heterocycles. The van der Waals surface area contributed by atoms with Gasteiger partial charge in [-0.2, -0.15) is 0 Å². The zero-order chi connectivity index (χ0) is 31.1. The van der Waals surface area contributed by atoms with E-state index in [0.717, 1.165) is 71.7 Å². The van der Waals surface area contributed by atoms with Crippen molar-refractivity contribution in [2.24, 2.45) is 0 Å². The molecule has 0 unspecified atom stereocenters. The lowest BCUT2D eigenvalue weighted by Gasteiger charge is -2.09. The SMILES string of the molecule is [C-]#[N+]c1ccc2c(c1)c1cc(-c3ccccc3)ccc1n2-c1ccc2oc3c(-n4c5ccccc5c5ccccc54)cccc3c2c1. The lowest BCUT2D eigenvalue weighted by atomic mass is 10.0. The molecule has 0 amide bonds. The highest BCUT2D eigenvalue weighted by atomic mass is 16.3. The Kier molecular flexibility index (Phi) is 5.32. The molecule has 3 heterocycles. The van der Waals surface area contributed by atoms with Crippen molar-refractivity contribution in [2.75, 3.05) is 0 Å². The van der Waals surface area contributed by atoms with Crippen molar-refractivity contribution in [3.05, 3.63) is 163 Å². The molecule has 7 aromatic carbocycles. The molecule has 218 valence electrons. The molecule has 0 aliphatic heterocycles. The number of benzene rings is 7. The molecule has 0 aliphatic carbocycles. The van der Waals surface area contributed by atoms with Gasteiger partial charge in [-0.3, -0.25) is 0 Å². The summed E-state index contributed by atoms with van der Waals surface area (Å²) < 4.78 is 11.3. The van der Waals surface area contributed by atoms with Crippen molar-refractivity contribution in [3.8, 4) is 22.5 Å². The van der Waals surface area contributed by atoms with Crippen molar-refractivity contribution < 1.29 is 4.42 Å². The summed E-state index contributed by atoms with van der Waals surface area (Å²) in [6.07, 6.45) is 0. The van der Waals surface area contributed by atoms with Gasteiger partial charge in [-0.1, -0.05) is 91.0 Å². The van der Waals surface area contributed by atoms with Gasteiger partial charge in [-0.05, 0) is 77.2 Å². The Bertz CT molecular complexity index is 2860. The van der Waals surface area contributed by atoms with Crippen molar-refractivity contribution in [3.63, 3.8) is 0 Å². The Labute approximate surface area is 269 Å². The molecule has 4 heteroatoms. The van der Waals surface area contributed by atoms with Crippen LogP contribution in [0.25, 0.3) is 92.9 Å². The molecule has 0 radical (unpaired) electrons. The van der Waals surface area contributed by atoms with Gasteiger partial charge in [0.2, 0.25) is 0 Å². The van der Waals surface area contributed by atoms with Crippen LogP contribution in [-0.2, 0) is 0 Å². The normalized spacial score (nSPS) is 11.8. The molecule has 0 aliphatic rings. The molecule has 47 heavy (non-hydrogen) atoms. The molecule has 0 saturated carbocycles. The standard InChI is InChI=1S/C43H25N3O/c1-44-29-19-22-40-35(25-29)34-24-28(27-10-3-2-4-11-27)18-21-39(34)45(40)30-20-23-42-36(26-30)33-14-9-17-41(43(33)47-42)46-37-15-7-5-12-31(37)32-13-6-8-16-38(32)46/h2-26H. The highest BCUT2D eigenvalue weighted by molar-refractivity contribution is 6.14. The van der Waals surface area contributed by atoms with E-state index < -0.39 is 0 Å². The van der Waals surface area contributed by atoms with E-state index in [9.17, 15) is 0 Å². The first-order chi connectivity index (χ1) is 23.3. The fourth-order valence-electron chi connectivity index (χ4n) is 7.44. The number of hydrogen-bond donors (Lipinski definition) is 0. The Morgan fingerprint density at radius 1 is 0.447 bits per heavy atom. The van der Waals surface area contributed by atoms with Crippen LogP contribution < -0.4 is 0 Å². The first kappa shape index (κ1) is 25.7. The van der Waals surface area contributed by atoms with Gasteiger partial charge in [-0.15, -0.1) is 0 Å². The fourth-order valence-corrected chi connectivity index (χ4v) is 7.44. The number of fused-ring (bicyclic) bond motifs is 9. The molecule has 0 bridgehead atoms. The van der Waals surface area contributed by atoms with Crippen LogP contribution in [0.15, 0.2) is 156 Å². The van der Waals surface area contributed by atoms with Gasteiger partial charge in [0.05, 0.1) is 34.3 Å². The zero-order valence-corrected chi connectivity index (χ0v) is 25.2. The van der Waals surface area contributed by atoms with Crippen molar-refractivity contribution in [2.45, 2.75) is 0 Å². The second-order valence-corrected chi connectivity index (χ2v) is 12.1. The van der Waals surface area contributed by atoms with Gasteiger partial charge >= 0.3 is 0 Å². The third-order valence-corrected chi connectivity index (χ3v) is 9.52. The fraction of sp³-hybridized carbons (Fsp3) is 0. The summed E-state index contributed by atoms with van der Waals surface area (Å²) >= 11 is 0. The summed E-state index contributed by atoms with van der Waals surface area (Å²) in [5.41, 5.74) is 11.2. The summed E-state index contributed by atoms with van der Waals surface area (Å²) in [6.45, 7) is 7.69. The second kappa shape index (κ2) is 9.71. The quantitative estimate of drug-likeness (QED) is 0.186. The number of rotatable bonds is 3. The van der Waals surface area contributed by atoms with Crippen LogP contribution in [0.2, 0.25) is 0 Å². The molecular weight excluding hydrogens is 574 g/mol. The predicted octanol–water partition coefficient (Wildman–Crippen LogP) is 12.0. The maximum Gasteiger partial charge on any atom is 0.188 e. The minimum atomic E-state index is 0.635. The summed E-state index contributed by atoms with van der Waals surface area (Å²) in [6, 6.07) is 53.1. The monoisotopic (exact) mass is 599 g/mol. The highest BCUT2D eigenvalue weighted by Crippen LogP contribution is 2.41. The summed E-state index contributed by atoms with van der Waals surface area (Å²) in [5, 5.41) is 6.77. The van der Waals surface area contributed by atoms with Crippen LogP contribution in [0, 0.1) is 6.57 Å². The number of furan rings is 1. The summed E-state index contributed by atoms with van der Waals surface area (Å²) in [4.78, 5) is 3.75. The van der Waals surface area contributed by atoms with Crippen LogP contribution >= 0.6 is 0 Å². The van der Waals surface area contributed by atoms with Crippen LogP contribution in [0.4, 0.5) is 5.69 Å². The Hall–Kier alpha value is -6.57. The first-order valence-corrected chi connectivity index (χ1v) is 15.7. The van der Waals surface area contributed by atoms with Gasteiger partial charge in [0.25, 0.3) is 0 Å². The van der Waals surface area contributed by atoms with Gasteiger partial charge in [0.15, 0.2) is 11.3 Å². The second-order valence-electron chi connectivity index (χ2n) is 12.1. The van der Waals surface area contributed by atoms with Crippen LogP contribution in [0.3, 0.4) is 0 Å². The molecule has 0 atom stereocenters. The minimum absolute atomic E-state index is 0.635. The average Bonchev–Trinajstić information content (AvgIpc) is 3.79. The Balaban J connectivity index is 1.22. The molecule has 10 rings (SSSR count). The topological polar surface area (TPSA) is 27.4 Å². The smallest absolute Gasteiger partial charge is 0.188 e. The van der Waals surface area contributed by atoms with E-state index in [1.165, 1.54) is 16.3 Å². The summed E-state index contributed by atoms with van der Waals surface area (Å²) in [7, 11) is 0. The molecular formula is C43H25N3O. The van der Waals surface area contributed by atoms with Crippen molar-refractivity contribution in [1.29, 1.82) is 0 Å². The van der Waals surface area contributed by atoms with E-state index in [-0.39, 0.29) is 0 Å². The largest absolute Gasteiger partial charge is 0.454 e. The van der Waals surface area contributed by atoms with E-state index in [2.05, 4.69) is 147 Å². The summed E-state index contributed by atoms with van der Waals surface area (Å²) in [5.74, 6) is 0. The average molecular weight is 600 g/mol. The van der Waals surface area contributed by atoms with Crippen LogP contribution in [0.5, 0.6) is 0 Å². The molecule has 4 nitrogen and oxygen atoms in total. The third kappa shape index (κ3) is 3.69. The highest BCUT2D eigenvalue weighted by Gasteiger charge is 2.19. The maximum atomic E-state index is 7.69. The Morgan fingerprint density at radius 2 is 1.11 bits per heavy atom. The number of aromatic nitrogens is 2. The molecule has 0 fully saturated rings. The van der Waals surface area contributed by atoms with E-state index in [0.29, 0.717) is 5.69 Å². The number of hydrogen-bond acceptors (Lipinski definition) is 1. The lowest BCUT2D eigenvalue weighted by Crippen LogP contribution is -1.94. The van der Waals surface area contributed by atoms with Gasteiger partial charge in [0.1, 0.15) is 5.58 Å². The van der Waals surface area contributed by atoms with E-state index in [1.807, 2.05) is 18.2 Å². The van der Waals surface area contributed by atoms with Gasteiger partial charge < -0.3 is 13.6 Å². The minimum Gasteiger partial charge on any atom is -0.454 e. The van der Waals surface area contributed by atoms with E-state index in [1.54, 1.807) is 0 Å². The van der Waals surface area contributed by atoms with Crippen molar-refractivity contribution in [1.82, 2.24) is 9.13 Å².